The van der Waals surface area contributed by atoms with E-state index >= 15 is 0 Å². The number of hydrogen-bond donors (Lipinski definition) is 0. The first kappa shape index (κ1) is 13.5. The van der Waals surface area contributed by atoms with Gasteiger partial charge in [-0.1, -0.05) is 30.3 Å². The Balaban J connectivity index is 1.54. The first-order valence-corrected chi connectivity index (χ1v) is 6.59. The van der Waals surface area contributed by atoms with Gasteiger partial charge in [0, 0.05) is 6.61 Å². The molecule has 0 radical (unpaired) electrons. The number of rotatable bonds is 6. The fourth-order valence-electron chi connectivity index (χ4n) is 2.08. The SMILES string of the molecule is CC1(C)OC[C@@H](CCCOCc2ccccc2)O1. The van der Waals surface area contributed by atoms with Gasteiger partial charge in [-0.25, -0.2) is 0 Å². The van der Waals surface area contributed by atoms with Gasteiger partial charge in [0.05, 0.1) is 19.3 Å². The lowest BCUT2D eigenvalue weighted by molar-refractivity contribution is -0.139. The molecule has 3 nitrogen and oxygen atoms in total. The Bertz CT molecular complexity index is 348. The van der Waals surface area contributed by atoms with Crippen LogP contribution in [0.2, 0.25) is 0 Å². The van der Waals surface area contributed by atoms with Crippen LogP contribution in [0.15, 0.2) is 30.3 Å². The van der Waals surface area contributed by atoms with Crippen LogP contribution in [0.25, 0.3) is 0 Å². The predicted molar refractivity (Wildman–Crippen MR) is 70.2 cm³/mol. The fraction of sp³-hybridized carbons (Fsp3) is 0.600. The van der Waals surface area contributed by atoms with Gasteiger partial charge < -0.3 is 14.2 Å². The Labute approximate surface area is 109 Å². The molecule has 2 rings (SSSR count). The zero-order chi connectivity index (χ0) is 12.8. The number of ether oxygens (including phenoxy) is 3. The quantitative estimate of drug-likeness (QED) is 0.726. The average molecular weight is 250 g/mol. The topological polar surface area (TPSA) is 27.7 Å². The van der Waals surface area contributed by atoms with Crippen LogP contribution in [-0.4, -0.2) is 25.1 Å². The molecule has 100 valence electrons. The highest BCUT2D eigenvalue weighted by molar-refractivity contribution is 5.13. The van der Waals surface area contributed by atoms with Crippen molar-refractivity contribution in [2.75, 3.05) is 13.2 Å². The molecule has 0 aliphatic carbocycles. The van der Waals surface area contributed by atoms with Crippen molar-refractivity contribution >= 4 is 0 Å². The molecular formula is C15H22O3. The third-order valence-corrected chi connectivity index (χ3v) is 2.99. The predicted octanol–water partition coefficient (Wildman–Crippen LogP) is 3.13. The summed E-state index contributed by atoms with van der Waals surface area (Å²) in [6.07, 6.45) is 2.23. The van der Waals surface area contributed by atoms with E-state index in [1.807, 2.05) is 32.0 Å². The second-order valence-corrected chi connectivity index (χ2v) is 5.13. The summed E-state index contributed by atoms with van der Waals surface area (Å²) in [7, 11) is 0. The van der Waals surface area contributed by atoms with E-state index < -0.39 is 5.79 Å². The van der Waals surface area contributed by atoms with Gasteiger partial charge in [-0.15, -0.1) is 0 Å². The lowest BCUT2D eigenvalue weighted by atomic mass is 10.2. The molecule has 0 N–H and O–H groups in total. The monoisotopic (exact) mass is 250 g/mol. The standard InChI is InChI=1S/C15H22O3/c1-15(2)17-12-14(18-15)9-6-10-16-11-13-7-4-3-5-8-13/h3-5,7-8,14H,6,9-12H2,1-2H3/t14-/m1/s1. The van der Waals surface area contributed by atoms with E-state index in [2.05, 4.69) is 12.1 Å². The van der Waals surface area contributed by atoms with Gasteiger partial charge >= 0.3 is 0 Å². The number of hydrogen-bond acceptors (Lipinski definition) is 3. The van der Waals surface area contributed by atoms with Gasteiger partial charge in [0.25, 0.3) is 0 Å². The smallest absolute Gasteiger partial charge is 0.163 e. The molecule has 0 saturated carbocycles. The maximum atomic E-state index is 5.74. The highest BCUT2D eigenvalue weighted by Crippen LogP contribution is 2.24. The minimum atomic E-state index is -0.407. The molecule has 1 atom stereocenters. The lowest BCUT2D eigenvalue weighted by Gasteiger charge is -2.16. The van der Waals surface area contributed by atoms with Crippen LogP contribution in [-0.2, 0) is 20.8 Å². The van der Waals surface area contributed by atoms with E-state index in [-0.39, 0.29) is 6.10 Å². The van der Waals surface area contributed by atoms with Gasteiger partial charge in [-0.05, 0) is 32.3 Å². The molecule has 1 aromatic carbocycles. The Morgan fingerprint density at radius 3 is 2.72 bits per heavy atom. The molecule has 0 aromatic heterocycles. The zero-order valence-corrected chi connectivity index (χ0v) is 11.2. The third-order valence-electron chi connectivity index (χ3n) is 2.99. The normalized spacial score (nSPS) is 22.2. The van der Waals surface area contributed by atoms with Gasteiger partial charge in [0.15, 0.2) is 5.79 Å². The highest BCUT2D eigenvalue weighted by atomic mass is 16.7. The van der Waals surface area contributed by atoms with Crippen molar-refractivity contribution in [3.8, 4) is 0 Å². The summed E-state index contributed by atoms with van der Waals surface area (Å²) >= 11 is 0. The van der Waals surface area contributed by atoms with E-state index in [1.165, 1.54) is 5.56 Å². The molecule has 1 aromatic rings. The lowest BCUT2D eigenvalue weighted by Crippen LogP contribution is -2.21. The summed E-state index contributed by atoms with van der Waals surface area (Å²) in [5.41, 5.74) is 1.22. The van der Waals surface area contributed by atoms with E-state index in [0.29, 0.717) is 13.2 Å². The molecule has 0 amide bonds. The number of benzene rings is 1. The first-order valence-electron chi connectivity index (χ1n) is 6.59. The second-order valence-electron chi connectivity index (χ2n) is 5.13. The largest absolute Gasteiger partial charge is 0.377 e. The molecule has 0 spiro atoms. The molecule has 1 fully saturated rings. The van der Waals surface area contributed by atoms with Crippen molar-refractivity contribution in [1.82, 2.24) is 0 Å². The maximum Gasteiger partial charge on any atom is 0.163 e. The van der Waals surface area contributed by atoms with Crippen LogP contribution in [0, 0.1) is 0 Å². The Kier molecular flexibility index (Phi) is 4.75. The minimum Gasteiger partial charge on any atom is -0.377 e. The van der Waals surface area contributed by atoms with Crippen molar-refractivity contribution in [1.29, 1.82) is 0 Å². The van der Waals surface area contributed by atoms with Crippen LogP contribution < -0.4 is 0 Å². The molecule has 0 unspecified atom stereocenters. The van der Waals surface area contributed by atoms with E-state index in [9.17, 15) is 0 Å². The van der Waals surface area contributed by atoms with Crippen molar-refractivity contribution < 1.29 is 14.2 Å². The van der Waals surface area contributed by atoms with Crippen molar-refractivity contribution in [3.05, 3.63) is 35.9 Å². The maximum absolute atomic E-state index is 5.74. The summed E-state index contributed by atoms with van der Waals surface area (Å²) in [5, 5.41) is 0. The van der Waals surface area contributed by atoms with E-state index in [0.717, 1.165) is 19.4 Å². The van der Waals surface area contributed by atoms with E-state index in [1.54, 1.807) is 0 Å². The fourth-order valence-corrected chi connectivity index (χ4v) is 2.08. The molecule has 1 saturated heterocycles. The van der Waals surface area contributed by atoms with Crippen LogP contribution in [0.4, 0.5) is 0 Å². The van der Waals surface area contributed by atoms with Crippen molar-refractivity contribution in [2.45, 2.75) is 45.2 Å². The molecule has 0 bridgehead atoms. The van der Waals surface area contributed by atoms with Gasteiger partial charge in [0.1, 0.15) is 0 Å². The summed E-state index contributed by atoms with van der Waals surface area (Å²) < 4.78 is 16.9. The zero-order valence-electron chi connectivity index (χ0n) is 11.2. The summed E-state index contributed by atoms with van der Waals surface area (Å²) in [5.74, 6) is -0.407. The first-order chi connectivity index (χ1) is 8.66. The minimum absolute atomic E-state index is 0.223. The summed E-state index contributed by atoms with van der Waals surface area (Å²) in [6, 6.07) is 10.2. The Hall–Kier alpha value is -0.900. The average Bonchev–Trinajstić information content (AvgIpc) is 2.70. The molecule has 1 heterocycles. The molecular weight excluding hydrogens is 228 g/mol. The van der Waals surface area contributed by atoms with Crippen LogP contribution in [0.3, 0.4) is 0 Å². The summed E-state index contributed by atoms with van der Waals surface area (Å²) in [6.45, 7) is 6.08. The highest BCUT2D eigenvalue weighted by Gasteiger charge is 2.31. The van der Waals surface area contributed by atoms with Gasteiger partial charge in [-0.2, -0.15) is 0 Å². The van der Waals surface area contributed by atoms with Gasteiger partial charge in [0.2, 0.25) is 0 Å². The molecule has 1 aliphatic rings. The van der Waals surface area contributed by atoms with Crippen LogP contribution >= 0.6 is 0 Å². The summed E-state index contributed by atoms with van der Waals surface area (Å²) in [4.78, 5) is 0. The third kappa shape index (κ3) is 4.41. The van der Waals surface area contributed by atoms with E-state index in [4.69, 9.17) is 14.2 Å². The van der Waals surface area contributed by atoms with Crippen LogP contribution in [0.1, 0.15) is 32.3 Å². The Morgan fingerprint density at radius 2 is 2.06 bits per heavy atom. The van der Waals surface area contributed by atoms with Gasteiger partial charge in [-0.3, -0.25) is 0 Å². The molecule has 1 aliphatic heterocycles. The van der Waals surface area contributed by atoms with Crippen molar-refractivity contribution in [3.63, 3.8) is 0 Å². The van der Waals surface area contributed by atoms with Crippen LogP contribution in [0.5, 0.6) is 0 Å². The Morgan fingerprint density at radius 1 is 1.28 bits per heavy atom. The van der Waals surface area contributed by atoms with Crippen molar-refractivity contribution in [2.24, 2.45) is 0 Å². The second kappa shape index (κ2) is 6.32. The molecule has 3 heteroatoms. The molecule has 18 heavy (non-hydrogen) atoms.